The number of imidazole rings is 1. The number of aromatic nitrogens is 6. The number of aromatic amines is 2. The van der Waals surface area contributed by atoms with Crippen LogP contribution >= 0.6 is 0 Å². The van der Waals surface area contributed by atoms with Crippen molar-refractivity contribution in [2.45, 2.75) is 0 Å². The molecule has 2 aromatic carbocycles. The molecule has 0 radical (unpaired) electrons. The highest BCUT2D eigenvalue weighted by Crippen LogP contribution is 2.34. The monoisotopic (exact) mass is 452 g/mol. The third-order valence-electron chi connectivity index (χ3n) is 5.65. The van der Waals surface area contributed by atoms with Crippen molar-refractivity contribution in [3.05, 3.63) is 72.9 Å². The average molecular weight is 452 g/mol. The maximum atomic E-state index is 14.1. The maximum absolute atomic E-state index is 14.1. The molecular formula is C25H17FN6O2. The van der Waals surface area contributed by atoms with Crippen LogP contribution in [-0.4, -0.2) is 42.3 Å². The van der Waals surface area contributed by atoms with Crippen LogP contribution in [0.25, 0.3) is 55.8 Å². The second kappa shape index (κ2) is 7.66. The van der Waals surface area contributed by atoms with Gasteiger partial charge in [-0.2, -0.15) is 5.10 Å². The Kier molecular flexibility index (Phi) is 4.48. The van der Waals surface area contributed by atoms with Crippen LogP contribution in [-0.2, 0) is 0 Å². The molecule has 0 bridgehead atoms. The molecule has 6 aromatic rings. The van der Waals surface area contributed by atoms with Crippen LogP contribution in [0.3, 0.4) is 0 Å². The molecule has 0 saturated heterocycles. The normalized spacial score (nSPS) is 11.4. The van der Waals surface area contributed by atoms with E-state index in [2.05, 4.69) is 25.1 Å². The van der Waals surface area contributed by atoms with Gasteiger partial charge in [-0.15, -0.1) is 0 Å². The van der Waals surface area contributed by atoms with Gasteiger partial charge in [0.15, 0.2) is 11.5 Å². The number of nitrogens with one attached hydrogen (secondary N) is 2. The van der Waals surface area contributed by atoms with E-state index >= 15 is 0 Å². The van der Waals surface area contributed by atoms with Crippen LogP contribution in [0.1, 0.15) is 0 Å². The molecule has 8 nitrogen and oxygen atoms in total. The van der Waals surface area contributed by atoms with Gasteiger partial charge in [-0.1, -0.05) is 6.07 Å². The van der Waals surface area contributed by atoms with Gasteiger partial charge in [0.2, 0.25) is 0 Å². The molecule has 4 aromatic heterocycles. The smallest absolute Gasteiger partial charge is 0.160 e. The molecule has 6 rings (SSSR count). The largest absolute Gasteiger partial charge is 0.506 e. The van der Waals surface area contributed by atoms with Crippen molar-refractivity contribution in [3.63, 3.8) is 0 Å². The van der Waals surface area contributed by atoms with Crippen LogP contribution < -0.4 is 4.74 Å². The molecule has 4 heterocycles. The molecule has 0 atom stereocenters. The minimum atomic E-state index is -0.401. The lowest BCUT2D eigenvalue weighted by Crippen LogP contribution is -1.88. The van der Waals surface area contributed by atoms with E-state index in [9.17, 15) is 9.50 Å². The van der Waals surface area contributed by atoms with Crippen LogP contribution in [0.5, 0.6) is 11.5 Å². The summed E-state index contributed by atoms with van der Waals surface area (Å²) in [5, 5.41) is 18.1. The van der Waals surface area contributed by atoms with Gasteiger partial charge in [0.25, 0.3) is 0 Å². The van der Waals surface area contributed by atoms with Gasteiger partial charge in [0.1, 0.15) is 28.5 Å². The Morgan fingerprint density at radius 3 is 2.74 bits per heavy atom. The molecule has 9 heteroatoms. The number of hydrogen-bond acceptors (Lipinski definition) is 6. The molecule has 0 amide bonds. The Bertz CT molecular complexity index is 1690. The first-order valence-corrected chi connectivity index (χ1v) is 10.4. The number of nitrogens with zero attached hydrogens (tertiary/aromatic N) is 4. The van der Waals surface area contributed by atoms with E-state index in [1.807, 2.05) is 18.2 Å². The Morgan fingerprint density at radius 1 is 0.971 bits per heavy atom. The molecule has 166 valence electrons. The van der Waals surface area contributed by atoms with Gasteiger partial charge in [-0.05, 0) is 47.5 Å². The van der Waals surface area contributed by atoms with Gasteiger partial charge in [-0.3, -0.25) is 10.1 Å². The number of benzene rings is 2. The summed E-state index contributed by atoms with van der Waals surface area (Å²) in [6, 6.07) is 13.8. The zero-order valence-corrected chi connectivity index (χ0v) is 17.9. The molecule has 0 unspecified atom stereocenters. The summed E-state index contributed by atoms with van der Waals surface area (Å²) in [7, 11) is 1.50. The Hall–Kier alpha value is -4.79. The number of H-pyrrole nitrogens is 2. The highest BCUT2D eigenvalue weighted by Gasteiger charge is 2.17. The third-order valence-corrected chi connectivity index (χ3v) is 5.65. The van der Waals surface area contributed by atoms with Crippen molar-refractivity contribution in [1.29, 1.82) is 0 Å². The molecule has 0 aliphatic heterocycles. The van der Waals surface area contributed by atoms with Crippen molar-refractivity contribution in [2.24, 2.45) is 0 Å². The number of aromatic hydroxyl groups is 1. The summed E-state index contributed by atoms with van der Waals surface area (Å²) in [6.45, 7) is 0. The molecule has 0 aliphatic carbocycles. The van der Waals surface area contributed by atoms with Crippen molar-refractivity contribution in [1.82, 2.24) is 30.1 Å². The maximum Gasteiger partial charge on any atom is 0.160 e. The fourth-order valence-corrected chi connectivity index (χ4v) is 4.05. The first-order chi connectivity index (χ1) is 16.6. The predicted molar refractivity (Wildman–Crippen MR) is 126 cm³/mol. The summed E-state index contributed by atoms with van der Waals surface area (Å²) in [4.78, 5) is 16.5. The summed E-state index contributed by atoms with van der Waals surface area (Å²) < 4.78 is 19.4. The van der Waals surface area contributed by atoms with Crippen molar-refractivity contribution >= 4 is 22.1 Å². The molecule has 0 spiro atoms. The van der Waals surface area contributed by atoms with E-state index in [4.69, 9.17) is 9.72 Å². The number of ether oxygens (including phenoxy) is 1. The lowest BCUT2D eigenvalue weighted by atomic mass is 10.0. The van der Waals surface area contributed by atoms with E-state index in [1.165, 1.54) is 25.4 Å². The van der Waals surface area contributed by atoms with Crippen molar-refractivity contribution < 1.29 is 14.2 Å². The number of pyridine rings is 2. The lowest BCUT2D eigenvalue weighted by molar-refractivity contribution is 0.411. The number of fused-ring (bicyclic) bond motifs is 2. The zero-order valence-electron chi connectivity index (χ0n) is 17.9. The Balaban J connectivity index is 1.50. The standard InChI is InChI=1S/C25H17FN6O2/c1-34-18-8-14(6-16(26)10-18)19-4-5-28-24-22(19)29-25(30-24)23-20-9-13(2-3-21(20)31-32-23)15-7-17(33)12-27-11-15/h2-12,33H,1H3,(H,31,32)(H,28,29,30). The van der Waals surface area contributed by atoms with E-state index in [0.717, 1.165) is 27.6 Å². The van der Waals surface area contributed by atoms with Crippen molar-refractivity contribution in [2.75, 3.05) is 7.11 Å². The van der Waals surface area contributed by atoms with Crippen LogP contribution in [0.15, 0.2) is 67.1 Å². The Labute approximate surface area is 192 Å². The topological polar surface area (TPSA) is 113 Å². The molecular weight excluding hydrogens is 435 g/mol. The highest BCUT2D eigenvalue weighted by molar-refractivity contribution is 5.97. The van der Waals surface area contributed by atoms with Crippen LogP contribution in [0, 0.1) is 5.82 Å². The molecule has 0 fully saturated rings. The third kappa shape index (κ3) is 3.30. The average Bonchev–Trinajstić information content (AvgIpc) is 3.47. The highest BCUT2D eigenvalue weighted by atomic mass is 19.1. The van der Waals surface area contributed by atoms with Gasteiger partial charge in [0.05, 0.1) is 18.8 Å². The summed E-state index contributed by atoms with van der Waals surface area (Å²) in [6.07, 6.45) is 4.72. The number of halogens is 1. The minimum absolute atomic E-state index is 0.0925. The zero-order chi connectivity index (χ0) is 23.2. The van der Waals surface area contributed by atoms with Crippen molar-refractivity contribution in [3.8, 4) is 45.3 Å². The minimum Gasteiger partial charge on any atom is -0.506 e. The van der Waals surface area contributed by atoms with E-state index in [0.29, 0.717) is 34.0 Å². The fourth-order valence-electron chi connectivity index (χ4n) is 4.05. The first-order valence-electron chi connectivity index (χ1n) is 10.4. The van der Waals surface area contributed by atoms with E-state index < -0.39 is 5.82 Å². The van der Waals surface area contributed by atoms with Gasteiger partial charge in [-0.25, -0.2) is 14.4 Å². The summed E-state index contributed by atoms with van der Waals surface area (Å²) >= 11 is 0. The van der Waals surface area contributed by atoms with Gasteiger partial charge < -0.3 is 14.8 Å². The SMILES string of the molecule is COc1cc(F)cc(-c2ccnc3[nH]c(-c4n[nH]c5ccc(-c6cncc(O)c6)cc45)nc23)c1. The fraction of sp³-hybridized carbons (Fsp3) is 0.0400. The van der Waals surface area contributed by atoms with Gasteiger partial charge >= 0.3 is 0 Å². The van der Waals surface area contributed by atoms with E-state index in [-0.39, 0.29) is 5.75 Å². The molecule has 3 N–H and O–H groups in total. The Morgan fingerprint density at radius 2 is 1.88 bits per heavy atom. The lowest BCUT2D eigenvalue weighted by Gasteiger charge is -2.06. The quantitative estimate of drug-likeness (QED) is 0.344. The van der Waals surface area contributed by atoms with Crippen LogP contribution in [0.2, 0.25) is 0 Å². The van der Waals surface area contributed by atoms with Gasteiger partial charge in [0, 0.05) is 35.0 Å². The number of methoxy groups -OCH3 is 1. The summed E-state index contributed by atoms with van der Waals surface area (Å²) in [5.74, 6) is 0.635. The molecule has 0 saturated carbocycles. The van der Waals surface area contributed by atoms with E-state index in [1.54, 1.807) is 30.6 Å². The summed E-state index contributed by atoms with van der Waals surface area (Å²) in [5.41, 5.74) is 5.60. The van der Waals surface area contributed by atoms with Crippen LogP contribution in [0.4, 0.5) is 4.39 Å². The molecule has 34 heavy (non-hydrogen) atoms. The second-order valence-electron chi connectivity index (χ2n) is 7.79. The number of rotatable bonds is 4. The second-order valence-corrected chi connectivity index (χ2v) is 7.79. The first kappa shape index (κ1) is 19.9. The number of hydrogen-bond donors (Lipinski definition) is 3. The predicted octanol–water partition coefficient (Wildman–Crippen LogP) is 5.08. The molecule has 0 aliphatic rings.